The average Bonchev–Trinajstić information content (AvgIpc) is 2.97. The van der Waals surface area contributed by atoms with Gasteiger partial charge in [0.2, 0.25) is 5.91 Å². The summed E-state index contributed by atoms with van der Waals surface area (Å²) in [7, 11) is 0. The van der Waals surface area contributed by atoms with Crippen LogP contribution in [0.25, 0.3) is 0 Å². The van der Waals surface area contributed by atoms with Gasteiger partial charge >= 0.3 is 0 Å². The number of rotatable bonds is 2. The molecule has 1 aromatic rings. The Balaban J connectivity index is 1.74. The van der Waals surface area contributed by atoms with Crippen LogP contribution >= 0.6 is 15.9 Å². The summed E-state index contributed by atoms with van der Waals surface area (Å²) in [6, 6.07) is 3.87. The first kappa shape index (κ1) is 13.8. The Morgan fingerprint density at radius 3 is 2.80 bits per heavy atom. The van der Waals surface area contributed by atoms with Crippen molar-refractivity contribution in [3.63, 3.8) is 0 Å². The topological polar surface area (TPSA) is 45.7 Å². The van der Waals surface area contributed by atoms with Crippen LogP contribution in [0.15, 0.2) is 22.8 Å². The number of amides is 1. The molecule has 0 unspecified atom stereocenters. The maximum absolute atomic E-state index is 12.6. The Labute approximate surface area is 127 Å². The van der Waals surface area contributed by atoms with E-state index in [-0.39, 0.29) is 11.9 Å². The monoisotopic (exact) mass is 339 g/mol. The number of anilines is 1. The lowest BCUT2D eigenvalue weighted by molar-refractivity contribution is -0.136. The summed E-state index contributed by atoms with van der Waals surface area (Å²) in [5.41, 5.74) is 0. The van der Waals surface area contributed by atoms with E-state index in [1.807, 2.05) is 17.0 Å². The molecule has 1 atom stereocenters. The van der Waals surface area contributed by atoms with Crippen LogP contribution in [0.2, 0.25) is 0 Å². The molecular formula is C14H18BrN3O2. The van der Waals surface area contributed by atoms with Crippen LogP contribution < -0.4 is 4.90 Å². The van der Waals surface area contributed by atoms with Gasteiger partial charge in [-0.3, -0.25) is 4.79 Å². The number of nitrogens with zero attached hydrogens (tertiary/aromatic N) is 3. The minimum Gasteiger partial charge on any atom is -0.378 e. The molecule has 3 rings (SSSR count). The van der Waals surface area contributed by atoms with Gasteiger partial charge in [0.1, 0.15) is 11.9 Å². The number of morpholine rings is 1. The van der Waals surface area contributed by atoms with E-state index < -0.39 is 0 Å². The van der Waals surface area contributed by atoms with Crippen molar-refractivity contribution in [2.75, 3.05) is 37.7 Å². The quantitative estimate of drug-likeness (QED) is 0.822. The standard InChI is InChI=1S/C14H18BrN3O2/c15-11-3-4-13(16-10-11)18-5-1-2-12(18)14(19)17-6-8-20-9-7-17/h3-4,10,12H,1-2,5-9H2/t12-/m1/s1. The average molecular weight is 340 g/mol. The van der Waals surface area contributed by atoms with Crippen LogP contribution in [-0.2, 0) is 9.53 Å². The van der Waals surface area contributed by atoms with Crippen molar-refractivity contribution < 1.29 is 9.53 Å². The van der Waals surface area contributed by atoms with Gasteiger partial charge in [-0.15, -0.1) is 0 Å². The zero-order valence-corrected chi connectivity index (χ0v) is 12.9. The smallest absolute Gasteiger partial charge is 0.245 e. The van der Waals surface area contributed by atoms with Crippen molar-refractivity contribution in [2.24, 2.45) is 0 Å². The predicted molar refractivity (Wildman–Crippen MR) is 79.7 cm³/mol. The molecule has 108 valence electrons. The van der Waals surface area contributed by atoms with E-state index >= 15 is 0 Å². The minimum absolute atomic E-state index is 0.0678. The van der Waals surface area contributed by atoms with Crippen molar-refractivity contribution in [3.8, 4) is 0 Å². The molecule has 20 heavy (non-hydrogen) atoms. The molecule has 3 heterocycles. The van der Waals surface area contributed by atoms with E-state index in [0.717, 1.165) is 29.7 Å². The molecule has 0 bridgehead atoms. The van der Waals surface area contributed by atoms with E-state index in [9.17, 15) is 4.79 Å². The van der Waals surface area contributed by atoms with Gasteiger partial charge in [-0.1, -0.05) is 0 Å². The van der Waals surface area contributed by atoms with Crippen LogP contribution in [0.3, 0.4) is 0 Å². The van der Waals surface area contributed by atoms with Crippen molar-refractivity contribution in [1.29, 1.82) is 0 Å². The third-order valence-corrected chi connectivity index (χ3v) is 4.34. The van der Waals surface area contributed by atoms with E-state index in [1.54, 1.807) is 6.20 Å². The normalized spacial score (nSPS) is 23.1. The lowest BCUT2D eigenvalue weighted by atomic mass is 10.2. The summed E-state index contributed by atoms with van der Waals surface area (Å²) in [5, 5.41) is 0. The molecule has 0 N–H and O–H groups in total. The second-order valence-electron chi connectivity index (χ2n) is 5.12. The molecule has 0 spiro atoms. The molecule has 0 aromatic carbocycles. The Bertz CT molecular complexity index is 474. The number of carbonyl (C=O) groups excluding carboxylic acids is 1. The Morgan fingerprint density at radius 2 is 2.10 bits per heavy atom. The largest absolute Gasteiger partial charge is 0.378 e. The molecular weight excluding hydrogens is 322 g/mol. The highest BCUT2D eigenvalue weighted by Crippen LogP contribution is 2.26. The Hall–Kier alpha value is -1.14. The first-order valence-electron chi connectivity index (χ1n) is 7.00. The number of pyridine rings is 1. The number of hydrogen-bond donors (Lipinski definition) is 0. The van der Waals surface area contributed by atoms with Crippen molar-refractivity contribution in [3.05, 3.63) is 22.8 Å². The maximum atomic E-state index is 12.6. The van der Waals surface area contributed by atoms with Gasteiger partial charge in [0, 0.05) is 30.3 Å². The minimum atomic E-state index is -0.0678. The molecule has 2 fully saturated rings. The maximum Gasteiger partial charge on any atom is 0.245 e. The second kappa shape index (κ2) is 6.10. The zero-order chi connectivity index (χ0) is 13.9. The van der Waals surface area contributed by atoms with Gasteiger partial charge < -0.3 is 14.5 Å². The van der Waals surface area contributed by atoms with Gasteiger partial charge in [0.15, 0.2) is 0 Å². The summed E-state index contributed by atoms with van der Waals surface area (Å²) >= 11 is 3.39. The highest BCUT2D eigenvalue weighted by molar-refractivity contribution is 9.10. The first-order chi connectivity index (χ1) is 9.75. The third-order valence-electron chi connectivity index (χ3n) is 3.87. The summed E-state index contributed by atoms with van der Waals surface area (Å²) in [6.45, 7) is 3.60. The molecule has 0 radical (unpaired) electrons. The number of ether oxygens (including phenoxy) is 1. The molecule has 5 nitrogen and oxygen atoms in total. The molecule has 1 aromatic heterocycles. The third kappa shape index (κ3) is 2.81. The fraction of sp³-hybridized carbons (Fsp3) is 0.571. The summed E-state index contributed by atoms with van der Waals surface area (Å²) in [5.74, 6) is 1.10. The summed E-state index contributed by atoms with van der Waals surface area (Å²) < 4.78 is 6.27. The number of halogens is 1. The van der Waals surface area contributed by atoms with Gasteiger partial charge in [-0.25, -0.2) is 4.98 Å². The highest BCUT2D eigenvalue weighted by atomic mass is 79.9. The lowest BCUT2D eigenvalue weighted by Crippen LogP contribution is -2.50. The number of carbonyl (C=O) groups is 1. The van der Waals surface area contributed by atoms with Crippen molar-refractivity contribution in [1.82, 2.24) is 9.88 Å². The van der Waals surface area contributed by atoms with Crippen LogP contribution in [0.1, 0.15) is 12.8 Å². The second-order valence-corrected chi connectivity index (χ2v) is 6.04. The van der Waals surface area contributed by atoms with E-state index in [1.165, 1.54) is 0 Å². The predicted octanol–water partition coefficient (Wildman–Crippen LogP) is 1.67. The summed E-state index contributed by atoms with van der Waals surface area (Å²) in [4.78, 5) is 21.1. The van der Waals surface area contributed by atoms with Crippen LogP contribution in [0.5, 0.6) is 0 Å². The van der Waals surface area contributed by atoms with Crippen molar-refractivity contribution in [2.45, 2.75) is 18.9 Å². The molecule has 0 aliphatic carbocycles. The van der Waals surface area contributed by atoms with Gasteiger partial charge in [0.25, 0.3) is 0 Å². The number of aromatic nitrogens is 1. The Kier molecular flexibility index (Phi) is 4.21. The van der Waals surface area contributed by atoms with Crippen molar-refractivity contribution >= 4 is 27.7 Å². The van der Waals surface area contributed by atoms with Gasteiger partial charge in [0.05, 0.1) is 13.2 Å². The summed E-state index contributed by atoms with van der Waals surface area (Å²) in [6.07, 6.45) is 3.73. The van der Waals surface area contributed by atoms with Crippen LogP contribution in [-0.4, -0.2) is 54.7 Å². The van der Waals surface area contributed by atoms with E-state index in [0.29, 0.717) is 26.3 Å². The molecule has 2 saturated heterocycles. The molecule has 2 aliphatic heterocycles. The zero-order valence-electron chi connectivity index (χ0n) is 11.3. The van der Waals surface area contributed by atoms with Gasteiger partial charge in [-0.2, -0.15) is 0 Å². The fourth-order valence-electron chi connectivity index (χ4n) is 2.83. The molecule has 0 saturated carbocycles. The molecule has 6 heteroatoms. The number of hydrogen-bond acceptors (Lipinski definition) is 4. The molecule has 2 aliphatic rings. The first-order valence-corrected chi connectivity index (χ1v) is 7.80. The van der Waals surface area contributed by atoms with E-state index in [2.05, 4.69) is 25.8 Å². The SMILES string of the molecule is O=C([C@H]1CCCN1c1ccc(Br)cn1)N1CCOCC1. The Morgan fingerprint density at radius 1 is 1.30 bits per heavy atom. The fourth-order valence-corrected chi connectivity index (χ4v) is 3.06. The molecule has 1 amide bonds. The van der Waals surface area contributed by atoms with Gasteiger partial charge in [-0.05, 0) is 40.9 Å². The van der Waals surface area contributed by atoms with Crippen LogP contribution in [0, 0.1) is 0 Å². The van der Waals surface area contributed by atoms with E-state index in [4.69, 9.17) is 4.74 Å². The highest BCUT2D eigenvalue weighted by Gasteiger charge is 2.34. The lowest BCUT2D eigenvalue weighted by Gasteiger charge is -2.33. The van der Waals surface area contributed by atoms with Crippen LogP contribution in [0.4, 0.5) is 5.82 Å².